The lowest BCUT2D eigenvalue weighted by atomic mass is 10.1. The summed E-state index contributed by atoms with van der Waals surface area (Å²) in [6.45, 7) is 4.03. The predicted molar refractivity (Wildman–Crippen MR) is 128 cm³/mol. The Balaban J connectivity index is 1.77. The Morgan fingerprint density at radius 2 is 1.31 bits per heavy atom. The van der Waals surface area contributed by atoms with E-state index in [0.717, 1.165) is 36.8 Å². The number of aryl methyl sites for hydroxylation is 2. The smallest absolute Gasteiger partial charge is 0.425 e. The van der Waals surface area contributed by atoms with Crippen LogP contribution in [0.25, 0.3) is 0 Å². The summed E-state index contributed by atoms with van der Waals surface area (Å²) in [7, 11) is 0. The number of hydrogen-bond acceptors (Lipinski definition) is 5. The zero-order chi connectivity index (χ0) is 26.1. The van der Waals surface area contributed by atoms with Crippen molar-refractivity contribution >= 4 is 11.9 Å². The summed E-state index contributed by atoms with van der Waals surface area (Å²) < 4.78 is 57.2. The molecule has 2 aromatic carbocycles. The van der Waals surface area contributed by atoms with Crippen molar-refractivity contribution in [1.29, 1.82) is 0 Å². The molecule has 36 heavy (non-hydrogen) atoms. The quantitative estimate of drug-likeness (QED) is 0.258. The number of rotatable bonds is 11. The van der Waals surface area contributed by atoms with Crippen LogP contribution in [-0.2, 0) is 22.3 Å². The highest BCUT2D eigenvalue weighted by molar-refractivity contribution is 5.90. The van der Waals surface area contributed by atoms with E-state index in [4.69, 9.17) is 13.9 Å². The van der Waals surface area contributed by atoms with Crippen LogP contribution >= 0.6 is 0 Å². The third-order valence-electron chi connectivity index (χ3n) is 5.61. The summed E-state index contributed by atoms with van der Waals surface area (Å²) in [5.74, 6) is -1.91. The molecular formula is C28H29F3O5. The van der Waals surface area contributed by atoms with Gasteiger partial charge in [-0.3, -0.25) is 0 Å². The van der Waals surface area contributed by atoms with Crippen LogP contribution in [-0.4, -0.2) is 24.2 Å². The van der Waals surface area contributed by atoms with E-state index in [9.17, 15) is 22.8 Å². The van der Waals surface area contributed by atoms with E-state index in [-0.39, 0.29) is 16.9 Å². The molecule has 0 saturated heterocycles. The maximum atomic E-state index is 13.9. The van der Waals surface area contributed by atoms with Crippen molar-refractivity contribution in [2.24, 2.45) is 0 Å². The minimum atomic E-state index is -4.89. The van der Waals surface area contributed by atoms with Gasteiger partial charge in [0.25, 0.3) is 0 Å². The van der Waals surface area contributed by atoms with Crippen molar-refractivity contribution in [3.63, 3.8) is 0 Å². The van der Waals surface area contributed by atoms with E-state index in [1.807, 2.05) is 13.8 Å². The molecule has 2 atom stereocenters. The molecule has 0 aliphatic heterocycles. The third kappa shape index (κ3) is 7.47. The Morgan fingerprint density at radius 3 is 1.72 bits per heavy atom. The molecule has 0 bridgehead atoms. The molecule has 1 aromatic heterocycles. The number of ether oxygens (including phenoxy) is 2. The van der Waals surface area contributed by atoms with Crippen LogP contribution in [0.5, 0.6) is 0 Å². The fourth-order valence-corrected chi connectivity index (χ4v) is 3.73. The molecule has 0 fully saturated rings. The second-order valence-corrected chi connectivity index (χ2v) is 8.47. The van der Waals surface area contributed by atoms with Crippen molar-refractivity contribution in [1.82, 2.24) is 0 Å². The predicted octanol–water partition coefficient (Wildman–Crippen LogP) is 7.26. The van der Waals surface area contributed by atoms with Crippen LogP contribution in [0.3, 0.4) is 0 Å². The van der Waals surface area contributed by atoms with Gasteiger partial charge in [-0.1, -0.05) is 51.0 Å². The molecule has 0 saturated carbocycles. The number of hydrogen-bond donors (Lipinski definition) is 0. The van der Waals surface area contributed by atoms with Gasteiger partial charge in [0.15, 0.2) is 6.10 Å². The Kier molecular flexibility index (Phi) is 9.33. The van der Waals surface area contributed by atoms with E-state index in [2.05, 4.69) is 0 Å². The Labute approximate surface area is 208 Å². The van der Waals surface area contributed by atoms with Crippen molar-refractivity contribution in [3.8, 4) is 0 Å². The van der Waals surface area contributed by atoms with Gasteiger partial charge in [-0.25, -0.2) is 9.59 Å². The number of benzene rings is 2. The molecule has 2 unspecified atom stereocenters. The second-order valence-electron chi connectivity index (χ2n) is 8.47. The number of esters is 2. The average Bonchev–Trinajstić information content (AvgIpc) is 3.39. The molecule has 1 heterocycles. The standard InChI is InChI=1S/C28H29F3O5/c1-3-6-19-9-13-21(14-10-19)26(32)35-24(23-8-5-17-34-23)18-25(28(29,30)31)36-27(33)22-15-11-20(7-4-2)12-16-22/h5,8-17,24-25H,3-4,6-7,18H2,1-2H3. The molecule has 0 N–H and O–H groups in total. The van der Waals surface area contributed by atoms with Gasteiger partial charge in [0.05, 0.1) is 17.4 Å². The summed E-state index contributed by atoms with van der Waals surface area (Å²) >= 11 is 0. The van der Waals surface area contributed by atoms with Crippen LogP contribution in [0.1, 0.15) is 76.8 Å². The van der Waals surface area contributed by atoms with E-state index in [1.165, 1.54) is 30.5 Å². The molecule has 3 aromatic rings. The van der Waals surface area contributed by atoms with Gasteiger partial charge >= 0.3 is 18.1 Å². The minimum Gasteiger partial charge on any atom is -0.465 e. The Bertz CT molecular complexity index is 1100. The van der Waals surface area contributed by atoms with E-state index >= 15 is 0 Å². The summed E-state index contributed by atoms with van der Waals surface area (Å²) in [5.41, 5.74) is 2.19. The fourth-order valence-electron chi connectivity index (χ4n) is 3.73. The first-order valence-corrected chi connectivity index (χ1v) is 11.9. The maximum Gasteiger partial charge on any atom is 0.425 e. The monoisotopic (exact) mass is 502 g/mol. The van der Waals surface area contributed by atoms with Crippen LogP contribution < -0.4 is 0 Å². The van der Waals surface area contributed by atoms with Gasteiger partial charge in [0.2, 0.25) is 6.10 Å². The highest BCUT2D eigenvalue weighted by Crippen LogP contribution is 2.34. The number of halogens is 3. The number of alkyl halides is 3. The second kappa shape index (κ2) is 12.4. The van der Waals surface area contributed by atoms with Gasteiger partial charge in [-0.2, -0.15) is 13.2 Å². The molecule has 0 aliphatic rings. The highest BCUT2D eigenvalue weighted by atomic mass is 19.4. The van der Waals surface area contributed by atoms with Gasteiger partial charge in [0.1, 0.15) is 5.76 Å². The number of carbonyl (C=O) groups is 2. The summed E-state index contributed by atoms with van der Waals surface area (Å²) in [6.07, 6.45) is -4.96. The van der Waals surface area contributed by atoms with Crippen LogP contribution in [0.2, 0.25) is 0 Å². The summed E-state index contributed by atoms with van der Waals surface area (Å²) in [6, 6.07) is 15.8. The van der Waals surface area contributed by atoms with Crippen LogP contribution in [0, 0.1) is 0 Å². The largest absolute Gasteiger partial charge is 0.465 e. The Morgan fingerprint density at radius 1 is 0.806 bits per heavy atom. The molecule has 0 radical (unpaired) electrons. The molecule has 0 spiro atoms. The molecule has 192 valence electrons. The van der Waals surface area contributed by atoms with E-state index < -0.39 is 36.7 Å². The lowest BCUT2D eigenvalue weighted by Crippen LogP contribution is -2.36. The summed E-state index contributed by atoms with van der Waals surface area (Å²) in [4.78, 5) is 25.2. The highest BCUT2D eigenvalue weighted by Gasteiger charge is 2.45. The third-order valence-corrected chi connectivity index (χ3v) is 5.61. The first kappa shape index (κ1) is 27.0. The van der Waals surface area contributed by atoms with Gasteiger partial charge in [0, 0.05) is 6.42 Å². The molecule has 5 nitrogen and oxygen atoms in total. The first-order valence-electron chi connectivity index (χ1n) is 11.9. The van der Waals surface area contributed by atoms with Crippen LogP contribution in [0.15, 0.2) is 71.3 Å². The van der Waals surface area contributed by atoms with Crippen molar-refractivity contribution in [2.45, 2.75) is 64.3 Å². The zero-order valence-corrected chi connectivity index (χ0v) is 20.2. The van der Waals surface area contributed by atoms with Crippen molar-refractivity contribution < 1.29 is 36.7 Å². The van der Waals surface area contributed by atoms with Crippen molar-refractivity contribution in [3.05, 3.63) is 94.9 Å². The van der Waals surface area contributed by atoms with Crippen molar-refractivity contribution in [2.75, 3.05) is 0 Å². The van der Waals surface area contributed by atoms with Gasteiger partial charge < -0.3 is 13.9 Å². The van der Waals surface area contributed by atoms with E-state index in [0.29, 0.717) is 0 Å². The molecule has 0 amide bonds. The molecule has 3 rings (SSSR count). The molecule has 0 aliphatic carbocycles. The zero-order valence-electron chi connectivity index (χ0n) is 20.2. The normalized spacial score (nSPS) is 13.1. The fraction of sp³-hybridized carbons (Fsp3) is 0.357. The number of furan rings is 1. The average molecular weight is 503 g/mol. The lowest BCUT2D eigenvalue weighted by molar-refractivity contribution is -0.212. The minimum absolute atomic E-state index is 0.00261. The van der Waals surface area contributed by atoms with Gasteiger partial charge in [-0.15, -0.1) is 0 Å². The Hall–Kier alpha value is -3.55. The molecule has 8 heteroatoms. The van der Waals surface area contributed by atoms with E-state index in [1.54, 1.807) is 36.4 Å². The molecular weight excluding hydrogens is 473 g/mol. The topological polar surface area (TPSA) is 65.7 Å². The lowest BCUT2D eigenvalue weighted by Gasteiger charge is -2.25. The van der Waals surface area contributed by atoms with Crippen LogP contribution in [0.4, 0.5) is 13.2 Å². The first-order chi connectivity index (χ1) is 17.2. The maximum absolute atomic E-state index is 13.9. The summed E-state index contributed by atoms with van der Waals surface area (Å²) in [5, 5.41) is 0. The SMILES string of the molecule is CCCc1ccc(C(=O)OC(CC(OC(=O)c2ccc(CCC)cc2)C(F)(F)F)c2ccco2)cc1. The number of carbonyl (C=O) groups excluding carboxylic acids is 2. The van der Waals surface area contributed by atoms with Gasteiger partial charge in [-0.05, 0) is 60.4 Å².